The number of fused-ring (bicyclic) bond motifs is 1. The van der Waals surface area contributed by atoms with Crippen molar-refractivity contribution in [2.24, 2.45) is 5.41 Å². The van der Waals surface area contributed by atoms with E-state index in [1.807, 2.05) is 6.07 Å². The number of nitrogens with one attached hydrogen (secondary N) is 2. The van der Waals surface area contributed by atoms with Gasteiger partial charge in [-0.2, -0.15) is 0 Å². The van der Waals surface area contributed by atoms with Crippen LogP contribution in [0.15, 0.2) is 36.4 Å². The summed E-state index contributed by atoms with van der Waals surface area (Å²) in [7, 11) is 0. The molecule has 2 aromatic rings. The number of hydrogen-bond donors (Lipinski definition) is 3. The van der Waals surface area contributed by atoms with Crippen molar-refractivity contribution in [2.45, 2.75) is 55.1 Å². The van der Waals surface area contributed by atoms with Crippen molar-refractivity contribution in [1.29, 1.82) is 0 Å². The van der Waals surface area contributed by atoms with E-state index in [0.717, 1.165) is 30.2 Å². The van der Waals surface area contributed by atoms with Crippen LogP contribution in [0.25, 0.3) is 0 Å². The molecule has 2 atom stereocenters. The first kappa shape index (κ1) is 25.8. The first-order valence-corrected chi connectivity index (χ1v) is 14.9. The summed E-state index contributed by atoms with van der Waals surface area (Å²) in [6.07, 6.45) is 1.71. The van der Waals surface area contributed by atoms with Crippen LogP contribution in [0.5, 0.6) is 5.75 Å². The summed E-state index contributed by atoms with van der Waals surface area (Å²) in [5.41, 5.74) is 2.91. The Labute approximate surface area is 202 Å². The van der Waals surface area contributed by atoms with E-state index in [1.54, 1.807) is 0 Å². The number of hydrogen-bond acceptors (Lipinski definition) is 4. The molecule has 33 heavy (non-hydrogen) atoms. The zero-order valence-corrected chi connectivity index (χ0v) is 21.7. The molecule has 2 aromatic carbocycles. The fourth-order valence-corrected chi connectivity index (χ4v) is 8.13. The molecule has 3 rings (SSSR count). The molecule has 1 aliphatic heterocycles. The van der Waals surface area contributed by atoms with E-state index in [9.17, 15) is 18.7 Å². The van der Waals surface area contributed by atoms with Gasteiger partial charge in [-0.05, 0) is 0 Å². The zero-order chi connectivity index (χ0) is 24.2. The minimum atomic E-state index is -2.53. The van der Waals surface area contributed by atoms with Crippen molar-refractivity contribution < 1.29 is 23.4 Å². The number of aliphatic hydroxyl groups excluding tert-OH is 1. The second-order valence-electron chi connectivity index (χ2n) is 9.60. The standard InChI is InChI=1S/C25H33F2IN2O3/c1-16(31)30-28(14-18-9-19(26)12-20(27)10-18)24(32)15-29-22-7-8-33-23-6-5-17(11-21(22)23)13-25(2,3)4/h5-6,9-12,22,24,29,32H,7-8,13-15H2,1-4H3,(H,30,31). The predicted molar refractivity (Wildman–Crippen MR) is 134 cm³/mol. The van der Waals surface area contributed by atoms with Crippen LogP contribution in [0.3, 0.4) is 0 Å². The van der Waals surface area contributed by atoms with Crippen molar-refractivity contribution in [2.75, 3.05) is 13.2 Å². The van der Waals surface area contributed by atoms with E-state index in [1.165, 1.54) is 24.6 Å². The molecule has 182 valence electrons. The maximum absolute atomic E-state index is 13.6. The maximum atomic E-state index is 13.6. The van der Waals surface area contributed by atoms with Crippen LogP contribution >= 0.6 is 20.1 Å². The van der Waals surface area contributed by atoms with E-state index in [4.69, 9.17) is 4.74 Å². The van der Waals surface area contributed by atoms with E-state index in [-0.39, 0.29) is 28.3 Å². The number of halogens is 3. The van der Waals surface area contributed by atoms with Gasteiger partial charge in [-0.1, -0.05) is 0 Å². The van der Waals surface area contributed by atoms with Gasteiger partial charge in [-0.15, -0.1) is 0 Å². The molecular weight excluding hydrogens is 541 g/mol. The van der Waals surface area contributed by atoms with Gasteiger partial charge in [-0.3, -0.25) is 0 Å². The van der Waals surface area contributed by atoms with Gasteiger partial charge in [0.2, 0.25) is 0 Å². The molecule has 5 nitrogen and oxygen atoms in total. The number of alkyl halides is 2. The van der Waals surface area contributed by atoms with E-state index >= 15 is 0 Å². The van der Waals surface area contributed by atoms with Crippen molar-refractivity contribution in [1.82, 2.24) is 8.85 Å². The Bertz CT molecular complexity index is 960. The van der Waals surface area contributed by atoms with Gasteiger partial charge >= 0.3 is 202 Å². The zero-order valence-electron chi connectivity index (χ0n) is 19.6. The first-order chi connectivity index (χ1) is 15.5. The second kappa shape index (κ2) is 11.1. The third-order valence-electron chi connectivity index (χ3n) is 5.16. The number of ether oxygens (including phenoxy) is 1. The van der Waals surface area contributed by atoms with Gasteiger partial charge in [0.05, 0.1) is 0 Å². The molecule has 0 radical (unpaired) electrons. The van der Waals surface area contributed by atoms with E-state index in [0.29, 0.717) is 12.2 Å². The van der Waals surface area contributed by atoms with Crippen molar-refractivity contribution >= 4 is 26.0 Å². The summed E-state index contributed by atoms with van der Waals surface area (Å²) in [5.74, 6) is -0.736. The molecule has 1 heterocycles. The van der Waals surface area contributed by atoms with Crippen LogP contribution in [0.1, 0.15) is 56.8 Å². The van der Waals surface area contributed by atoms with Crippen LogP contribution < -0.4 is 13.6 Å². The average molecular weight is 574 g/mol. The summed E-state index contributed by atoms with van der Waals surface area (Å²) in [5, 5.41) is 14.4. The van der Waals surface area contributed by atoms with E-state index < -0.39 is 35.8 Å². The van der Waals surface area contributed by atoms with Crippen LogP contribution in [0, 0.1) is 17.0 Å². The number of aliphatic hydroxyl groups is 1. The van der Waals surface area contributed by atoms with Crippen molar-refractivity contribution in [3.05, 3.63) is 64.7 Å². The topological polar surface area (TPSA) is 70.6 Å². The Kier molecular flexibility index (Phi) is 8.69. The fraction of sp³-hybridized carbons (Fsp3) is 0.480. The van der Waals surface area contributed by atoms with Gasteiger partial charge in [-0.25, -0.2) is 0 Å². The Hall–Kier alpha value is -1.78. The van der Waals surface area contributed by atoms with Crippen LogP contribution in [0.4, 0.5) is 8.78 Å². The third-order valence-corrected chi connectivity index (χ3v) is 10.5. The average Bonchev–Trinajstić information content (AvgIpc) is 2.69. The second-order valence-corrected chi connectivity index (χ2v) is 14.6. The quantitative estimate of drug-likeness (QED) is 0.235. The minimum absolute atomic E-state index is 0.0185. The third kappa shape index (κ3) is 7.89. The van der Waals surface area contributed by atoms with Crippen molar-refractivity contribution in [3.63, 3.8) is 0 Å². The van der Waals surface area contributed by atoms with E-state index in [2.05, 4.69) is 41.8 Å². The van der Waals surface area contributed by atoms with Crippen LogP contribution in [-0.4, -0.2) is 28.3 Å². The molecule has 0 saturated carbocycles. The summed E-state index contributed by atoms with van der Waals surface area (Å²) in [4.78, 5) is 11.7. The van der Waals surface area contributed by atoms with Gasteiger partial charge < -0.3 is 0 Å². The van der Waals surface area contributed by atoms with Crippen molar-refractivity contribution in [3.8, 4) is 5.75 Å². The molecule has 3 N–H and O–H groups in total. The Morgan fingerprint density at radius 1 is 1.18 bits per heavy atom. The summed E-state index contributed by atoms with van der Waals surface area (Å²) >= 11 is -2.53. The van der Waals surface area contributed by atoms with Gasteiger partial charge in [0.15, 0.2) is 0 Å². The number of amides is 1. The molecule has 8 heteroatoms. The molecule has 2 unspecified atom stereocenters. The molecule has 0 aliphatic carbocycles. The number of benzene rings is 2. The first-order valence-electron chi connectivity index (χ1n) is 11.0. The predicted octanol–water partition coefficient (Wildman–Crippen LogP) is 5.04. The summed E-state index contributed by atoms with van der Waals surface area (Å²) in [6, 6.07) is 9.61. The van der Waals surface area contributed by atoms with Gasteiger partial charge in [0, 0.05) is 0 Å². The Morgan fingerprint density at radius 3 is 2.52 bits per heavy atom. The molecule has 0 saturated heterocycles. The number of carbonyl (C=O) groups excluding carboxylic acids is 1. The Balaban J connectivity index is 1.70. The molecule has 1 aliphatic rings. The molecular formula is C25H33F2IN2O3. The molecule has 0 fully saturated rings. The van der Waals surface area contributed by atoms with Crippen LogP contribution in [0.2, 0.25) is 0 Å². The van der Waals surface area contributed by atoms with Crippen LogP contribution in [-0.2, 0) is 15.6 Å². The molecule has 0 aromatic heterocycles. The SMILES string of the molecule is CC(=O)NI(Cc1cc(F)cc(F)c1)C(O)CNC1CCOc2ccc(CC(C)(C)C)cc21. The Morgan fingerprint density at radius 2 is 1.88 bits per heavy atom. The fourth-order valence-electron chi connectivity index (χ4n) is 3.92. The molecule has 0 spiro atoms. The molecule has 1 amide bonds. The monoisotopic (exact) mass is 574 g/mol. The normalized spacial score (nSPS) is 17.1. The molecule has 0 bridgehead atoms. The summed E-state index contributed by atoms with van der Waals surface area (Å²) < 4.78 is 35.4. The van der Waals surface area contributed by atoms with Gasteiger partial charge in [0.25, 0.3) is 0 Å². The number of rotatable bonds is 8. The summed E-state index contributed by atoms with van der Waals surface area (Å²) in [6.45, 7) is 8.85. The van der Waals surface area contributed by atoms with Gasteiger partial charge in [0.1, 0.15) is 0 Å². The number of carbonyl (C=O) groups is 1.